The molecule has 0 aromatic heterocycles. The number of ether oxygens (including phenoxy) is 2. The summed E-state index contributed by atoms with van der Waals surface area (Å²) in [5.74, 6) is 3.58. The first-order chi connectivity index (χ1) is 16.6. The number of carbonyl (C=O) groups is 2. The molecule has 0 spiro atoms. The second-order valence-corrected chi connectivity index (χ2v) is 10.9. The van der Waals surface area contributed by atoms with E-state index in [0.717, 1.165) is 36.1 Å². The van der Waals surface area contributed by atoms with Gasteiger partial charge in [0.2, 0.25) is 12.7 Å². The fraction of sp³-hybridized carbons (Fsp3) is 0.481. The van der Waals surface area contributed by atoms with E-state index in [1.165, 1.54) is 19.3 Å². The van der Waals surface area contributed by atoms with Gasteiger partial charge in [0.25, 0.3) is 5.91 Å². The van der Waals surface area contributed by atoms with Crippen molar-refractivity contribution in [3.05, 3.63) is 59.2 Å². The number of nitrogens with zero attached hydrogens (tertiary/aromatic N) is 1. The van der Waals surface area contributed by atoms with E-state index in [2.05, 4.69) is 10.9 Å². The van der Waals surface area contributed by atoms with Gasteiger partial charge in [0, 0.05) is 17.7 Å². The Hall–Kier alpha value is -3.06. The van der Waals surface area contributed by atoms with Gasteiger partial charge in [0.1, 0.15) is 6.17 Å². The summed E-state index contributed by atoms with van der Waals surface area (Å²) in [6, 6.07) is 13.4. The van der Waals surface area contributed by atoms with Crippen molar-refractivity contribution >= 4 is 11.8 Å². The zero-order valence-electron chi connectivity index (χ0n) is 19.1. The van der Waals surface area contributed by atoms with Gasteiger partial charge in [-0.2, -0.15) is 0 Å². The molecule has 4 bridgehead atoms. The average Bonchev–Trinajstić information content (AvgIpc) is 3.39. The van der Waals surface area contributed by atoms with Crippen LogP contribution in [0.2, 0.25) is 0 Å². The third-order valence-electron chi connectivity index (χ3n) is 8.69. The Kier molecular flexibility index (Phi) is 4.47. The second kappa shape index (κ2) is 7.47. The average molecular weight is 460 g/mol. The monoisotopic (exact) mass is 459 g/mol. The standard InChI is InChI=1S/C27H29N3O4/c31-25-21-4-2-1-3-20(21)24(30(25)14-16-5-6-22-23(10-16)34-15-33-22)28-29-26(32)27-11-17-7-18(12-27)9-19(8-17)13-27/h1-6,10,17-19,24,28H,7-9,11-15H2,(H,29,32)/t17?,18?,19?,24-,27?/m1/s1. The number of amides is 2. The van der Waals surface area contributed by atoms with Crippen LogP contribution >= 0.6 is 0 Å². The van der Waals surface area contributed by atoms with E-state index >= 15 is 0 Å². The van der Waals surface area contributed by atoms with E-state index in [4.69, 9.17) is 9.47 Å². The van der Waals surface area contributed by atoms with Crippen molar-refractivity contribution in [2.45, 2.75) is 51.2 Å². The van der Waals surface area contributed by atoms with E-state index in [1.54, 1.807) is 4.90 Å². The number of rotatable bonds is 5. The summed E-state index contributed by atoms with van der Waals surface area (Å²) in [6.07, 6.45) is 6.50. The molecule has 1 atom stereocenters. The van der Waals surface area contributed by atoms with Crippen molar-refractivity contribution in [3.8, 4) is 11.5 Å². The first-order valence-corrected chi connectivity index (χ1v) is 12.4. The van der Waals surface area contributed by atoms with Crippen LogP contribution in [0.1, 0.15) is 66.2 Å². The zero-order valence-corrected chi connectivity index (χ0v) is 19.1. The van der Waals surface area contributed by atoms with Crippen LogP contribution in [0.5, 0.6) is 11.5 Å². The van der Waals surface area contributed by atoms with Crippen LogP contribution in [0.3, 0.4) is 0 Å². The van der Waals surface area contributed by atoms with Gasteiger partial charge < -0.3 is 14.4 Å². The minimum Gasteiger partial charge on any atom is -0.454 e. The van der Waals surface area contributed by atoms with Crippen molar-refractivity contribution < 1.29 is 19.1 Å². The SMILES string of the molecule is O=C1c2ccccc2[C@H](NNC(=O)C23CC4CC(CC(C4)C2)C3)N1Cc1ccc2c(c1)OCO2. The largest absolute Gasteiger partial charge is 0.454 e. The van der Waals surface area contributed by atoms with Crippen LogP contribution in [0.4, 0.5) is 0 Å². The van der Waals surface area contributed by atoms with Gasteiger partial charge in [-0.25, -0.2) is 5.43 Å². The number of benzene rings is 2. The van der Waals surface area contributed by atoms with E-state index in [1.807, 2.05) is 42.5 Å². The van der Waals surface area contributed by atoms with Gasteiger partial charge in [0.05, 0.1) is 5.41 Å². The maximum absolute atomic E-state index is 13.5. The van der Waals surface area contributed by atoms with Crippen LogP contribution in [0, 0.1) is 23.2 Å². The lowest BCUT2D eigenvalue weighted by molar-refractivity contribution is -0.148. The molecule has 6 aliphatic rings. The molecule has 0 radical (unpaired) electrons. The summed E-state index contributed by atoms with van der Waals surface area (Å²) in [5.41, 5.74) is 8.60. The quantitative estimate of drug-likeness (QED) is 0.663. The normalized spacial score (nSPS) is 32.2. The summed E-state index contributed by atoms with van der Waals surface area (Å²) in [5, 5.41) is 0. The third kappa shape index (κ3) is 3.13. The second-order valence-electron chi connectivity index (χ2n) is 10.9. The van der Waals surface area contributed by atoms with Crippen molar-refractivity contribution in [1.82, 2.24) is 15.8 Å². The number of hydrogen-bond acceptors (Lipinski definition) is 5. The molecule has 2 heterocycles. The first-order valence-electron chi connectivity index (χ1n) is 12.4. The Morgan fingerprint density at radius 1 is 0.971 bits per heavy atom. The van der Waals surface area contributed by atoms with Crippen LogP contribution in [-0.2, 0) is 11.3 Å². The van der Waals surface area contributed by atoms with Crippen LogP contribution < -0.4 is 20.3 Å². The number of fused-ring (bicyclic) bond motifs is 2. The molecule has 2 N–H and O–H groups in total. The minimum atomic E-state index is -0.424. The molecule has 8 rings (SSSR count). The molecule has 0 unspecified atom stereocenters. The number of carbonyl (C=O) groups excluding carboxylic acids is 2. The highest BCUT2D eigenvalue weighted by molar-refractivity contribution is 5.99. The van der Waals surface area contributed by atoms with Crippen LogP contribution in [-0.4, -0.2) is 23.5 Å². The van der Waals surface area contributed by atoms with Gasteiger partial charge in [-0.05, 0) is 80.0 Å². The van der Waals surface area contributed by atoms with E-state index in [9.17, 15) is 9.59 Å². The van der Waals surface area contributed by atoms with Crippen molar-refractivity contribution in [2.24, 2.45) is 23.2 Å². The molecule has 2 amide bonds. The maximum Gasteiger partial charge on any atom is 0.256 e. The molecule has 2 aliphatic heterocycles. The topological polar surface area (TPSA) is 79.9 Å². The molecule has 34 heavy (non-hydrogen) atoms. The third-order valence-corrected chi connectivity index (χ3v) is 8.69. The summed E-state index contributed by atoms with van der Waals surface area (Å²) >= 11 is 0. The lowest BCUT2D eigenvalue weighted by Gasteiger charge is -2.55. The van der Waals surface area contributed by atoms with E-state index < -0.39 is 6.17 Å². The molecule has 4 aliphatic carbocycles. The zero-order chi connectivity index (χ0) is 22.9. The first kappa shape index (κ1) is 20.3. The molecule has 7 heteroatoms. The molecule has 2 aromatic carbocycles. The van der Waals surface area contributed by atoms with Gasteiger partial charge in [-0.15, -0.1) is 0 Å². The fourth-order valence-electron chi connectivity index (χ4n) is 7.58. The molecular weight excluding hydrogens is 430 g/mol. The van der Waals surface area contributed by atoms with Gasteiger partial charge in [-0.3, -0.25) is 15.0 Å². The summed E-state index contributed by atoms with van der Waals surface area (Å²) in [6.45, 7) is 0.614. The highest BCUT2D eigenvalue weighted by atomic mass is 16.7. The molecule has 2 aromatic rings. The molecule has 0 saturated heterocycles. The van der Waals surface area contributed by atoms with Crippen molar-refractivity contribution in [3.63, 3.8) is 0 Å². The van der Waals surface area contributed by atoms with Gasteiger partial charge >= 0.3 is 0 Å². The summed E-state index contributed by atoms with van der Waals surface area (Å²) < 4.78 is 10.9. The molecule has 7 nitrogen and oxygen atoms in total. The molecule has 4 fully saturated rings. The predicted molar refractivity (Wildman–Crippen MR) is 124 cm³/mol. The Morgan fingerprint density at radius 2 is 1.68 bits per heavy atom. The Bertz CT molecular complexity index is 1140. The lowest BCUT2D eigenvalue weighted by atomic mass is 9.49. The van der Waals surface area contributed by atoms with Crippen LogP contribution in [0.15, 0.2) is 42.5 Å². The molecule has 4 saturated carbocycles. The molecule has 176 valence electrons. The Balaban J connectivity index is 1.12. The van der Waals surface area contributed by atoms with Crippen molar-refractivity contribution in [1.29, 1.82) is 0 Å². The Morgan fingerprint density at radius 3 is 2.44 bits per heavy atom. The smallest absolute Gasteiger partial charge is 0.256 e. The van der Waals surface area contributed by atoms with Gasteiger partial charge in [-0.1, -0.05) is 24.3 Å². The highest BCUT2D eigenvalue weighted by Gasteiger charge is 2.54. The Labute approximate surface area is 198 Å². The summed E-state index contributed by atoms with van der Waals surface area (Å²) in [4.78, 5) is 28.6. The van der Waals surface area contributed by atoms with E-state index in [0.29, 0.717) is 35.6 Å². The predicted octanol–water partition coefficient (Wildman–Crippen LogP) is 3.91. The number of nitrogens with one attached hydrogen (secondary N) is 2. The van der Waals surface area contributed by atoms with Crippen molar-refractivity contribution in [2.75, 3.05) is 6.79 Å². The van der Waals surface area contributed by atoms with Gasteiger partial charge in [0.15, 0.2) is 11.5 Å². The summed E-state index contributed by atoms with van der Waals surface area (Å²) in [7, 11) is 0. The van der Waals surface area contributed by atoms with Crippen LogP contribution in [0.25, 0.3) is 0 Å². The lowest BCUT2D eigenvalue weighted by Crippen LogP contribution is -2.57. The highest BCUT2D eigenvalue weighted by Crippen LogP contribution is 2.60. The minimum absolute atomic E-state index is 0.0465. The number of hydrogen-bond donors (Lipinski definition) is 2. The molecular formula is C27H29N3O4. The van der Waals surface area contributed by atoms with E-state index in [-0.39, 0.29) is 24.0 Å². The maximum atomic E-state index is 13.5. The fourth-order valence-corrected chi connectivity index (χ4v) is 7.58. The number of hydrazine groups is 1.